The predicted molar refractivity (Wildman–Crippen MR) is 117 cm³/mol. The van der Waals surface area contributed by atoms with E-state index in [1.807, 2.05) is 80.6 Å². The molecule has 3 aromatic rings. The van der Waals surface area contributed by atoms with Gasteiger partial charge in [-0.2, -0.15) is 0 Å². The van der Waals surface area contributed by atoms with Gasteiger partial charge >= 0.3 is 6.92 Å². The maximum atomic E-state index is 6.35. The van der Waals surface area contributed by atoms with Gasteiger partial charge in [-0.1, -0.05) is 77.8 Å². The van der Waals surface area contributed by atoms with Gasteiger partial charge in [-0.25, -0.2) is 0 Å². The lowest BCUT2D eigenvalue weighted by Gasteiger charge is -2.20. The summed E-state index contributed by atoms with van der Waals surface area (Å²) in [4.78, 5) is 0. The molecule has 0 saturated carbocycles. The van der Waals surface area contributed by atoms with Crippen LogP contribution in [0.2, 0.25) is 10.0 Å². The first-order chi connectivity index (χ1) is 13.0. The van der Waals surface area contributed by atoms with Crippen molar-refractivity contribution in [2.24, 2.45) is 5.73 Å². The van der Waals surface area contributed by atoms with Crippen LogP contribution in [0.3, 0.4) is 0 Å². The van der Waals surface area contributed by atoms with Crippen LogP contribution in [-0.2, 0) is 4.65 Å². The molecule has 0 amide bonds. The smallest absolute Gasteiger partial charge is 0.361 e. The van der Waals surface area contributed by atoms with Crippen molar-refractivity contribution in [1.82, 2.24) is 0 Å². The molecule has 0 heterocycles. The summed E-state index contributed by atoms with van der Waals surface area (Å²) in [6, 6.07) is 21.7. The molecule has 0 aliphatic rings. The van der Waals surface area contributed by atoms with Crippen LogP contribution >= 0.6 is 23.2 Å². The van der Waals surface area contributed by atoms with Crippen molar-refractivity contribution >= 4 is 41.0 Å². The molecule has 0 aromatic heterocycles. The highest BCUT2D eigenvalue weighted by Crippen LogP contribution is 2.16. The lowest BCUT2D eigenvalue weighted by atomic mass is 9.55. The van der Waals surface area contributed by atoms with Gasteiger partial charge in [0.2, 0.25) is 0 Å². The average molecular weight is 398 g/mol. The summed E-state index contributed by atoms with van der Waals surface area (Å²) in [6.07, 6.45) is 0. The van der Waals surface area contributed by atoms with Crippen LogP contribution in [0.25, 0.3) is 0 Å². The van der Waals surface area contributed by atoms with Gasteiger partial charge in [0, 0.05) is 16.7 Å². The molecule has 2 nitrogen and oxygen atoms in total. The molecule has 0 bridgehead atoms. The van der Waals surface area contributed by atoms with E-state index in [4.69, 9.17) is 33.6 Å². The highest BCUT2D eigenvalue weighted by atomic mass is 35.5. The molecule has 1 unspecified atom stereocenters. The van der Waals surface area contributed by atoms with Crippen molar-refractivity contribution in [3.05, 3.63) is 93.5 Å². The molecule has 3 rings (SSSR count). The molecule has 5 heteroatoms. The lowest BCUT2D eigenvalue weighted by molar-refractivity contribution is 0.303. The monoisotopic (exact) mass is 397 g/mol. The fraction of sp³-hybridized carbons (Fsp3) is 0.182. The van der Waals surface area contributed by atoms with Crippen molar-refractivity contribution < 1.29 is 4.65 Å². The van der Waals surface area contributed by atoms with Crippen LogP contribution in [0.15, 0.2) is 66.7 Å². The van der Waals surface area contributed by atoms with Gasteiger partial charge in [-0.3, -0.25) is 0 Å². The minimum atomic E-state index is -0.295. The third-order valence-electron chi connectivity index (χ3n) is 4.67. The molecule has 1 atom stereocenters. The van der Waals surface area contributed by atoms with Crippen LogP contribution in [-0.4, -0.2) is 13.5 Å². The zero-order valence-corrected chi connectivity index (χ0v) is 17.0. The Hall–Kier alpha value is -1.78. The van der Waals surface area contributed by atoms with E-state index in [-0.39, 0.29) is 13.0 Å². The van der Waals surface area contributed by atoms with Crippen molar-refractivity contribution in [2.75, 3.05) is 6.61 Å². The molecular weight excluding hydrogens is 376 g/mol. The summed E-state index contributed by atoms with van der Waals surface area (Å²) < 4.78 is 6.28. The molecule has 0 aliphatic heterocycles. The highest BCUT2D eigenvalue weighted by molar-refractivity contribution is 6.80. The van der Waals surface area contributed by atoms with Crippen molar-refractivity contribution in [1.29, 1.82) is 0 Å². The number of hydrogen-bond acceptors (Lipinski definition) is 2. The fourth-order valence-corrected chi connectivity index (χ4v) is 3.30. The number of nitrogens with two attached hydrogens (primary N) is 1. The normalized spacial score (nSPS) is 12.0. The number of hydrogen-bond donors (Lipinski definition) is 1. The second kappa shape index (κ2) is 8.94. The van der Waals surface area contributed by atoms with Gasteiger partial charge < -0.3 is 10.4 Å². The minimum Gasteiger partial charge on any atom is -0.425 e. The van der Waals surface area contributed by atoms with Gasteiger partial charge in [-0.05, 0) is 53.6 Å². The van der Waals surface area contributed by atoms with Crippen LogP contribution in [0.1, 0.15) is 22.7 Å². The molecule has 0 radical (unpaired) electrons. The minimum absolute atomic E-state index is 0.212. The molecule has 2 N–H and O–H groups in total. The summed E-state index contributed by atoms with van der Waals surface area (Å²) >= 11 is 12.7. The highest BCUT2D eigenvalue weighted by Gasteiger charge is 2.24. The summed E-state index contributed by atoms with van der Waals surface area (Å²) in [5, 5.41) is 1.43. The summed E-state index contributed by atoms with van der Waals surface area (Å²) in [5.41, 5.74) is 11.4. The molecule has 0 spiro atoms. The van der Waals surface area contributed by atoms with Gasteiger partial charge in [0.25, 0.3) is 0 Å². The maximum absolute atomic E-state index is 6.35. The van der Waals surface area contributed by atoms with Crippen molar-refractivity contribution in [3.8, 4) is 0 Å². The Morgan fingerprint density at radius 2 is 1.37 bits per heavy atom. The van der Waals surface area contributed by atoms with E-state index in [0.717, 1.165) is 27.6 Å². The van der Waals surface area contributed by atoms with Crippen LogP contribution in [0, 0.1) is 13.8 Å². The number of benzene rings is 3. The lowest BCUT2D eigenvalue weighted by Crippen LogP contribution is -2.46. The van der Waals surface area contributed by atoms with E-state index in [1.54, 1.807) is 0 Å². The number of aryl methyl sites for hydroxylation is 2. The Morgan fingerprint density at radius 1 is 0.852 bits per heavy atom. The Balaban J connectivity index is 1.89. The van der Waals surface area contributed by atoms with Crippen molar-refractivity contribution in [3.63, 3.8) is 0 Å². The molecule has 138 valence electrons. The third-order valence-corrected chi connectivity index (χ3v) is 5.48. The number of halogens is 2. The van der Waals surface area contributed by atoms with E-state index < -0.39 is 0 Å². The molecule has 27 heavy (non-hydrogen) atoms. The third kappa shape index (κ3) is 4.94. The van der Waals surface area contributed by atoms with Crippen LogP contribution < -0.4 is 16.7 Å². The second-order valence-electron chi connectivity index (χ2n) is 6.75. The molecule has 0 saturated heterocycles. The van der Waals surface area contributed by atoms with Crippen molar-refractivity contribution in [2.45, 2.75) is 19.9 Å². The first kappa shape index (κ1) is 20.0. The van der Waals surface area contributed by atoms with Gasteiger partial charge in [-0.15, -0.1) is 0 Å². The van der Waals surface area contributed by atoms with E-state index >= 15 is 0 Å². The standard InChI is InChI=1S/C22H22BCl2NO/c1-15-8-10-18(12-20(15)24)23(19-11-9-16(2)21(25)13-19)27-14-22(26)17-6-4-3-5-7-17/h3-13,22H,14,26H2,1-2H3. The molecule has 3 aromatic carbocycles. The average Bonchev–Trinajstić information content (AvgIpc) is 2.68. The van der Waals surface area contributed by atoms with Gasteiger partial charge in [0.1, 0.15) is 0 Å². The SMILES string of the molecule is Cc1ccc(B(OCC(N)c2ccccc2)c2ccc(C)c(Cl)c2)cc1Cl. The van der Waals surface area contributed by atoms with Gasteiger partial charge in [0.15, 0.2) is 0 Å². The Bertz CT molecular complexity index is 866. The van der Waals surface area contributed by atoms with E-state index in [0.29, 0.717) is 16.7 Å². The predicted octanol–water partition coefficient (Wildman–Crippen LogP) is 4.43. The maximum Gasteiger partial charge on any atom is 0.361 e. The fourth-order valence-electron chi connectivity index (χ4n) is 2.93. The Morgan fingerprint density at radius 3 is 1.85 bits per heavy atom. The van der Waals surface area contributed by atoms with Crippen LogP contribution in [0.5, 0.6) is 0 Å². The summed E-state index contributed by atoms with van der Waals surface area (Å²) in [7, 11) is 0. The van der Waals surface area contributed by atoms with E-state index in [1.165, 1.54) is 0 Å². The van der Waals surface area contributed by atoms with Gasteiger partial charge in [0.05, 0.1) is 6.04 Å². The quantitative estimate of drug-likeness (QED) is 0.624. The zero-order chi connectivity index (χ0) is 19.4. The first-order valence-electron chi connectivity index (χ1n) is 8.90. The molecule has 0 aliphatic carbocycles. The summed E-state index contributed by atoms with van der Waals surface area (Å²) in [6.45, 7) is 4.05. The van der Waals surface area contributed by atoms with E-state index in [9.17, 15) is 0 Å². The topological polar surface area (TPSA) is 35.2 Å². The Kier molecular flexibility index (Phi) is 6.62. The molecular formula is C22H22BCl2NO. The number of rotatable bonds is 6. The largest absolute Gasteiger partial charge is 0.425 e. The first-order valence-corrected chi connectivity index (χ1v) is 9.65. The zero-order valence-electron chi connectivity index (χ0n) is 15.5. The molecule has 0 fully saturated rings. The Labute approximate surface area is 171 Å². The van der Waals surface area contributed by atoms with E-state index in [2.05, 4.69) is 0 Å². The summed E-state index contributed by atoms with van der Waals surface area (Å²) in [5.74, 6) is 0. The van der Waals surface area contributed by atoms with Crippen LogP contribution in [0.4, 0.5) is 0 Å². The second-order valence-corrected chi connectivity index (χ2v) is 7.56.